The molecule has 1 aromatic carbocycles. The van der Waals surface area contributed by atoms with Gasteiger partial charge in [0.05, 0.1) is 4.47 Å². The molecule has 0 spiro atoms. The van der Waals surface area contributed by atoms with Crippen molar-refractivity contribution in [1.29, 1.82) is 0 Å². The van der Waals surface area contributed by atoms with Gasteiger partial charge in [-0.05, 0) is 46.3 Å². The molecule has 2 unspecified atom stereocenters. The fraction of sp³-hybridized carbons (Fsp3) is 0.500. The van der Waals surface area contributed by atoms with Crippen molar-refractivity contribution >= 4 is 43.7 Å². The van der Waals surface area contributed by atoms with E-state index in [1.165, 1.54) is 6.07 Å². The first-order valence-corrected chi connectivity index (χ1v) is 8.99. The highest BCUT2D eigenvalue weighted by molar-refractivity contribution is 9.11. The minimum Gasteiger partial charge on any atom is -0.506 e. The Hall–Kier alpha value is -1.08. The van der Waals surface area contributed by atoms with Crippen LogP contribution in [0.15, 0.2) is 21.1 Å². The number of amides is 1. The number of nitrogens with zero attached hydrogens (tertiary/aromatic N) is 1. The summed E-state index contributed by atoms with van der Waals surface area (Å²) in [4.78, 5) is 26.0. The van der Waals surface area contributed by atoms with Gasteiger partial charge in [-0.25, -0.2) is 4.79 Å². The predicted molar refractivity (Wildman–Crippen MR) is 93.3 cm³/mol. The Morgan fingerprint density at radius 3 is 2.48 bits per heavy atom. The Bertz CT molecular complexity index is 610. The molecule has 1 aromatic rings. The highest BCUT2D eigenvalue weighted by atomic mass is 79.9. The maximum atomic E-state index is 12.2. The van der Waals surface area contributed by atoms with E-state index in [1.807, 2.05) is 0 Å². The fourth-order valence-corrected chi connectivity index (χ4v) is 4.11. The second kappa shape index (κ2) is 7.66. The van der Waals surface area contributed by atoms with E-state index < -0.39 is 5.97 Å². The van der Waals surface area contributed by atoms with Gasteiger partial charge in [0, 0.05) is 17.6 Å². The summed E-state index contributed by atoms with van der Waals surface area (Å²) in [5.41, 5.74) is 0.0134. The van der Waals surface area contributed by atoms with Gasteiger partial charge in [-0.3, -0.25) is 4.79 Å². The van der Waals surface area contributed by atoms with E-state index in [-0.39, 0.29) is 23.8 Å². The summed E-state index contributed by atoms with van der Waals surface area (Å²) in [7, 11) is 0. The number of likely N-dealkylation sites (tertiary alicyclic amines) is 1. The number of aromatic hydroxyl groups is 1. The number of benzene rings is 1. The maximum Gasteiger partial charge on any atom is 0.342 e. The summed E-state index contributed by atoms with van der Waals surface area (Å²) in [5, 5.41) is 9.91. The first-order chi connectivity index (χ1) is 10.8. The summed E-state index contributed by atoms with van der Waals surface area (Å²) in [5.74, 6) is -0.237. The summed E-state index contributed by atoms with van der Waals surface area (Å²) in [6, 6.07) is 3.08. The number of rotatable bonds is 3. The van der Waals surface area contributed by atoms with Gasteiger partial charge in [0.25, 0.3) is 5.91 Å². The van der Waals surface area contributed by atoms with E-state index in [0.29, 0.717) is 33.9 Å². The number of phenols is 1. The van der Waals surface area contributed by atoms with Gasteiger partial charge in [-0.1, -0.05) is 29.8 Å². The topological polar surface area (TPSA) is 66.8 Å². The van der Waals surface area contributed by atoms with Crippen molar-refractivity contribution < 1.29 is 19.4 Å². The quantitative estimate of drug-likeness (QED) is 0.717. The molecule has 1 aliphatic heterocycles. The van der Waals surface area contributed by atoms with Crippen LogP contribution in [0.1, 0.15) is 30.6 Å². The molecule has 1 amide bonds. The fourth-order valence-electron chi connectivity index (χ4n) is 2.88. The Morgan fingerprint density at radius 2 is 1.87 bits per heavy atom. The van der Waals surface area contributed by atoms with Gasteiger partial charge in [-0.2, -0.15) is 0 Å². The lowest BCUT2D eigenvalue weighted by Gasteiger charge is -2.34. The van der Waals surface area contributed by atoms with E-state index in [0.717, 1.165) is 6.42 Å². The molecular weight excluding hydrogens is 430 g/mol. The molecule has 0 saturated carbocycles. The Morgan fingerprint density at radius 1 is 1.26 bits per heavy atom. The highest BCUT2D eigenvalue weighted by Crippen LogP contribution is 2.32. The third-order valence-electron chi connectivity index (χ3n) is 3.80. The lowest BCUT2D eigenvalue weighted by Crippen LogP contribution is -2.44. The number of piperidine rings is 1. The molecule has 1 aliphatic rings. The number of halogens is 2. The standard InChI is InChI=1S/C16H19Br2NO4/c1-9-3-10(2)7-19(6-9)14(20)8-23-16(22)12-4-11(17)5-13(18)15(12)21/h4-5,9-10,21H,3,6-8H2,1-2H3. The van der Waals surface area contributed by atoms with Gasteiger partial charge in [0.1, 0.15) is 11.3 Å². The molecule has 1 heterocycles. The van der Waals surface area contributed by atoms with E-state index >= 15 is 0 Å². The van der Waals surface area contributed by atoms with Gasteiger partial charge in [0.15, 0.2) is 6.61 Å². The van der Waals surface area contributed by atoms with Crippen LogP contribution in [0, 0.1) is 11.8 Å². The lowest BCUT2D eigenvalue weighted by molar-refractivity contribution is -0.137. The molecule has 0 bridgehead atoms. The van der Waals surface area contributed by atoms with Crippen LogP contribution in [0.2, 0.25) is 0 Å². The second-order valence-electron chi connectivity index (χ2n) is 6.10. The average molecular weight is 449 g/mol. The van der Waals surface area contributed by atoms with E-state index in [2.05, 4.69) is 45.7 Å². The minimum atomic E-state index is -0.726. The van der Waals surface area contributed by atoms with Crippen molar-refractivity contribution in [1.82, 2.24) is 4.90 Å². The van der Waals surface area contributed by atoms with Gasteiger partial charge in [0.2, 0.25) is 0 Å². The minimum absolute atomic E-state index is 0.0134. The zero-order chi connectivity index (χ0) is 17.1. The molecule has 1 saturated heterocycles. The van der Waals surface area contributed by atoms with Crippen LogP contribution in [0.4, 0.5) is 0 Å². The molecule has 1 N–H and O–H groups in total. The SMILES string of the molecule is CC1CC(C)CN(C(=O)COC(=O)c2cc(Br)cc(Br)c2O)C1. The normalized spacial score (nSPS) is 21.1. The molecule has 0 radical (unpaired) electrons. The molecule has 5 nitrogen and oxygen atoms in total. The van der Waals surface area contributed by atoms with Crippen LogP contribution in [0.25, 0.3) is 0 Å². The zero-order valence-corrected chi connectivity index (χ0v) is 16.2. The van der Waals surface area contributed by atoms with Crippen molar-refractivity contribution in [2.45, 2.75) is 20.3 Å². The van der Waals surface area contributed by atoms with Crippen molar-refractivity contribution in [2.75, 3.05) is 19.7 Å². The van der Waals surface area contributed by atoms with E-state index in [4.69, 9.17) is 4.74 Å². The highest BCUT2D eigenvalue weighted by Gasteiger charge is 2.26. The summed E-state index contributed by atoms with van der Waals surface area (Å²) in [6.45, 7) is 5.28. The molecule has 1 fully saturated rings. The maximum absolute atomic E-state index is 12.2. The molecule has 0 aliphatic carbocycles. The van der Waals surface area contributed by atoms with Crippen LogP contribution in [-0.2, 0) is 9.53 Å². The number of carbonyl (C=O) groups is 2. The number of carbonyl (C=O) groups excluding carboxylic acids is 2. The van der Waals surface area contributed by atoms with Crippen molar-refractivity contribution in [3.63, 3.8) is 0 Å². The van der Waals surface area contributed by atoms with Crippen LogP contribution >= 0.6 is 31.9 Å². The van der Waals surface area contributed by atoms with Crippen LogP contribution in [0.5, 0.6) is 5.75 Å². The number of phenolic OH excluding ortho intramolecular Hbond substituents is 1. The Kier molecular flexibility index (Phi) is 6.08. The van der Waals surface area contributed by atoms with Crippen molar-refractivity contribution in [3.8, 4) is 5.75 Å². The third-order valence-corrected chi connectivity index (χ3v) is 4.86. The summed E-state index contributed by atoms with van der Waals surface area (Å²) >= 11 is 6.41. The molecular formula is C16H19Br2NO4. The van der Waals surface area contributed by atoms with Gasteiger partial charge >= 0.3 is 5.97 Å². The first kappa shape index (κ1) is 18.3. The third kappa shape index (κ3) is 4.70. The zero-order valence-electron chi connectivity index (χ0n) is 13.0. The number of hydrogen-bond acceptors (Lipinski definition) is 4. The first-order valence-electron chi connectivity index (χ1n) is 7.40. The largest absolute Gasteiger partial charge is 0.506 e. The number of hydrogen-bond donors (Lipinski definition) is 1. The molecule has 23 heavy (non-hydrogen) atoms. The lowest BCUT2D eigenvalue weighted by atomic mass is 9.92. The smallest absolute Gasteiger partial charge is 0.342 e. The molecule has 126 valence electrons. The Balaban J connectivity index is 1.98. The summed E-state index contributed by atoms with van der Waals surface area (Å²) in [6.07, 6.45) is 1.10. The van der Waals surface area contributed by atoms with E-state index in [1.54, 1.807) is 11.0 Å². The Labute approximate surface area is 152 Å². The van der Waals surface area contributed by atoms with Gasteiger partial charge in [-0.15, -0.1) is 0 Å². The molecule has 2 rings (SSSR count). The second-order valence-corrected chi connectivity index (χ2v) is 7.87. The van der Waals surface area contributed by atoms with Crippen molar-refractivity contribution in [3.05, 3.63) is 26.6 Å². The monoisotopic (exact) mass is 447 g/mol. The average Bonchev–Trinajstić information content (AvgIpc) is 2.47. The van der Waals surface area contributed by atoms with Crippen LogP contribution in [-0.4, -0.2) is 41.6 Å². The molecule has 7 heteroatoms. The van der Waals surface area contributed by atoms with Crippen LogP contribution in [0.3, 0.4) is 0 Å². The van der Waals surface area contributed by atoms with Crippen molar-refractivity contribution in [2.24, 2.45) is 11.8 Å². The number of ether oxygens (including phenoxy) is 1. The van der Waals surface area contributed by atoms with E-state index in [9.17, 15) is 14.7 Å². The van der Waals surface area contributed by atoms with Crippen LogP contribution < -0.4 is 0 Å². The summed E-state index contributed by atoms with van der Waals surface area (Å²) < 4.78 is 6.08. The molecule has 0 aromatic heterocycles. The number of esters is 1. The van der Waals surface area contributed by atoms with Gasteiger partial charge < -0.3 is 14.7 Å². The predicted octanol–water partition coefficient (Wildman–Crippen LogP) is 3.58. The molecule has 2 atom stereocenters.